The summed E-state index contributed by atoms with van der Waals surface area (Å²) in [4.78, 5) is 24.1. The molecule has 3 aromatic rings. The predicted octanol–water partition coefficient (Wildman–Crippen LogP) is 2.04. The third-order valence-corrected chi connectivity index (χ3v) is 3.95. The van der Waals surface area contributed by atoms with Crippen LogP contribution in [0.1, 0.15) is 20.7 Å². The number of aromatic nitrogens is 4. The Balaban J connectivity index is 1.62. The number of tetrazole rings is 1. The van der Waals surface area contributed by atoms with E-state index < -0.39 is 11.8 Å². The van der Waals surface area contributed by atoms with Gasteiger partial charge in [-0.2, -0.15) is 0 Å². The van der Waals surface area contributed by atoms with Crippen molar-refractivity contribution in [3.8, 4) is 5.69 Å². The van der Waals surface area contributed by atoms with Gasteiger partial charge in [0.1, 0.15) is 6.33 Å². The summed E-state index contributed by atoms with van der Waals surface area (Å²) >= 11 is 11.7. The second-order valence-electron chi connectivity index (χ2n) is 4.84. The summed E-state index contributed by atoms with van der Waals surface area (Å²) in [5.74, 6) is -0.992. The standard InChI is InChI=1S/C15H10Cl2N6O2/c16-12-6-3-10(7-13(12)17)15(25)20-19-14(24)9-1-4-11(5-2-9)23-8-18-21-22-23/h1-8H,(H,19,24)(H,20,25). The molecule has 0 unspecified atom stereocenters. The fraction of sp³-hybridized carbons (Fsp3) is 0. The monoisotopic (exact) mass is 376 g/mol. The van der Waals surface area contributed by atoms with Gasteiger partial charge in [-0.05, 0) is 52.9 Å². The SMILES string of the molecule is O=C(NNC(=O)c1ccc(Cl)c(Cl)c1)c1ccc(-n2cnnn2)cc1. The summed E-state index contributed by atoms with van der Waals surface area (Å²) in [6.45, 7) is 0. The minimum atomic E-state index is -0.516. The summed E-state index contributed by atoms with van der Waals surface area (Å²) in [5, 5.41) is 11.4. The Morgan fingerprint density at radius 3 is 2.12 bits per heavy atom. The zero-order valence-corrected chi connectivity index (χ0v) is 14.0. The van der Waals surface area contributed by atoms with E-state index in [1.807, 2.05) is 0 Å². The van der Waals surface area contributed by atoms with Crippen molar-refractivity contribution in [1.29, 1.82) is 0 Å². The second kappa shape index (κ2) is 7.29. The number of benzene rings is 2. The van der Waals surface area contributed by atoms with Gasteiger partial charge in [-0.1, -0.05) is 23.2 Å². The van der Waals surface area contributed by atoms with Gasteiger partial charge in [0.05, 0.1) is 15.7 Å². The van der Waals surface area contributed by atoms with Crippen LogP contribution in [0.15, 0.2) is 48.8 Å². The molecule has 0 fully saturated rings. The molecule has 3 rings (SSSR count). The third-order valence-electron chi connectivity index (χ3n) is 3.21. The molecular formula is C15H10Cl2N6O2. The normalized spacial score (nSPS) is 10.3. The first-order valence-electron chi connectivity index (χ1n) is 6.94. The fourth-order valence-corrected chi connectivity index (χ4v) is 2.24. The van der Waals surface area contributed by atoms with Gasteiger partial charge < -0.3 is 0 Å². The number of rotatable bonds is 3. The van der Waals surface area contributed by atoms with Gasteiger partial charge in [-0.15, -0.1) is 5.10 Å². The lowest BCUT2D eigenvalue weighted by Gasteiger charge is -2.08. The van der Waals surface area contributed by atoms with Crippen molar-refractivity contribution in [1.82, 2.24) is 31.1 Å². The van der Waals surface area contributed by atoms with Crippen LogP contribution in [0.25, 0.3) is 5.69 Å². The number of nitrogens with zero attached hydrogens (tertiary/aromatic N) is 4. The van der Waals surface area contributed by atoms with Crippen molar-refractivity contribution in [2.24, 2.45) is 0 Å². The van der Waals surface area contributed by atoms with E-state index in [4.69, 9.17) is 23.2 Å². The third kappa shape index (κ3) is 3.93. The highest BCUT2D eigenvalue weighted by molar-refractivity contribution is 6.42. The van der Waals surface area contributed by atoms with Crippen LogP contribution < -0.4 is 10.9 Å². The van der Waals surface area contributed by atoms with E-state index in [1.165, 1.54) is 29.2 Å². The lowest BCUT2D eigenvalue weighted by molar-refractivity contribution is 0.0846. The number of carbonyl (C=O) groups is 2. The topological polar surface area (TPSA) is 102 Å². The highest BCUT2D eigenvalue weighted by Crippen LogP contribution is 2.22. The van der Waals surface area contributed by atoms with Crippen LogP contribution in [0.2, 0.25) is 10.0 Å². The highest BCUT2D eigenvalue weighted by Gasteiger charge is 2.11. The van der Waals surface area contributed by atoms with Gasteiger partial charge in [-0.3, -0.25) is 20.4 Å². The van der Waals surface area contributed by atoms with Crippen molar-refractivity contribution in [2.45, 2.75) is 0 Å². The Bertz CT molecular complexity index is 912. The maximum atomic E-state index is 12.1. The first kappa shape index (κ1) is 16.9. The van der Waals surface area contributed by atoms with Crippen LogP contribution in [-0.2, 0) is 0 Å². The number of carbonyl (C=O) groups excluding carboxylic acids is 2. The lowest BCUT2D eigenvalue weighted by atomic mass is 10.2. The predicted molar refractivity (Wildman–Crippen MR) is 90.5 cm³/mol. The highest BCUT2D eigenvalue weighted by atomic mass is 35.5. The van der Waals surface area contributed by atoms with Gasteiger partial charge in [0.2, 0.25) is 0 Å². The van der Waals surface area contributed by atoms with Gasteiger partial charge in [0.15, 0.2) is 0 Å². The fourth-order valence-electron chi connectivity index (χ4n) is 1.94. The molecule has 2 amide bonds. The molecule has 10 heteroatoms. The molecule has 0 aliphatic heterocycles. The van der Waals surface area contributed by atoms with Crippen molar-refractivity contribution in [3.05, 3.63) is 70.0 Å². The lowest BCUT2D eigenvalue weighted by Crippen LogP contribution is -2.41. The van der Waals surface area contributed by atoms with Crippen LogP contribution in [0.4, 0.5) is 0 Å². The number of hydrazine groups is 1. The van der Waals surface area contributed by atoms with Gasteiger partial charge in [-0.25, -0.2) is 4.68 Å². The van der Waals surface area contributed by atoms with E-state index in [2.05, 4.69) is 26.4 Å². The molecule has 1 aromatic heterocycles. The molecule has 0 atom stereocenters. The van der Waals surface area contributed by atoms with E-state index in [9.17, 15) is 9.59 Å². The van der Waals surface area contributed by atoms with Crippen molar-refractivity contribution < 1.29 is 9.59 Å². The average molecular weight is 377 g/mol. The van der Waals surface area contributed by atoms with Crippen LogP contribution >= 0.6 is 23.2 Å². The van der Waals surface area contributed by atoms with Crippen molar-refractivity contribution in [3.63, 3.8) is 0 Å². The molecule has 8 nitrogen and oxygen atoms in total. The first-order valence-corrected chi connectivity index (χ1v) is 7.69. The van der Waals surface area contributed by atoms with Crippen LogP contribution in [0.3, 0.4) is 0 Å². The smallest absolute Gasteiger partial charge is 0.267 e. The molecule has 0 aliphatic rings. The molecule has 1 heterocycles. The number of amides is 2. The Kier molecular flexibility index (Phi) is 4.92. The Hall–Kier alpha value is -2.97. The molecule has 0 bridgehead atoms. The average Bonchev–Trinajstić information content (AvgIpc) is 3.16. The molecule has 0 saturated carbocycles. The van der Waals surface area contributed by atoms with Crippen molar-refractivity contribution in [2.75, 3.05) is 0 Å². The van der Waals surface area contributed by atoms with Crippen LogP contribution in [0, 0.1) is 0 Å². The number of halogens is 2. The van der Waals surface area contributed by atoms with Gasteiger partial charge in [0.25, 0.3) is 11.8 Å². The van der Waals surface area contributed by atoms with Gasteiger partial charge >= 0.3 is 0 Å². The molecular weight excluding hydrogens is 367 g/mol. The Morgan fingerprint density at radius 1 is 0.880 bits per heavy atom. The number of hydrogen-bond acceptors (Lipinski definition) is 5. The van der Waals surface area contributed by atoms with E-state index >= 15 is 0 Å². The zero-order valence-electron chi connectivity index (χ0n) is 12.5. The number of hydrogen-bond donors (Lipinski definition) is 2. The molecule has 0 saturated heterocycles. The minimum Gasteiger partial charge on any atom is -0.267 e. The van der Waals surface area contributed by atoms with Gasteiger partial charge in [0, 0.05) is 11.1 Å². The summed E-state index contributed by atoms with van der Waals surface area (Å²) in [7, 11) is 0. The molecule has 25 heavy (non-hydrogen) atoms. The second-order valence-corrected chi connectivity index (χ2v) is 5.65. The number of nitrogens with one attached hydrogen (secondary N) is 2. The summed E-state index contributed by atoms with van der Waals surface area (Å²) < 4.78 is 1.45. The minimum absolute atomic E-state index is 0.249. The molecule has 0 radical (unpaired) electrons. The van der Waals surface area contributed by atoms with Crippen LogP contribution in [-0.4, -0.2) is 32.0 Å². The molecule has 0 aliphatic carbocycles. The Labute approximate surface area is 151 Å². The molecule has 0 spiro atoms. The largest absolute Gasteiger partial charge is 0.269 e. The maximum Gasteiger partial charge on any atom is 0.269 e. The van der Waals surface area contributed by atoms with E-state index in [0.29, 0.717) is 16.3 Å². The van der Waals surface area contributed by atoms with E-state index in [1.54, 1.807) is 24.3 Å². The molecule has 126 valence electrons. The van der Waals surface area contributed by atoms with Crippen LogP contribution in [0.5, 0.6) is 0 Å². The quantitative estimate of drug-likeness (QED) is 0.681. The molecule has 2 N–H and O–H groups in total. The Morgan fingerprint density at radius 2 is 1.52 bits per heavy atom. The van der Waals surface area contributed by atoms with Crippen molar-refractivity contribution >= 4 is 35.0 Å². The summed E-state index contributed by atoms with van der Waals surface area (Å²) in [6.07, 6.45) is 1.44. The molecule has 2 aromatic carbocycles. The zero-order chi connectivity index (χ0) is 17.8. The summed E-state index contributed by atoms with van der Waals surface area (Å²) in [5.41, 5.74) is 5.95. The van der Waals surface area contributed by atoms with E-state index in [0.717, 1.165) is 0 Å². The first-order chi connectivity index (χ1) is 12.0. The summed E-state index contributed by atoms with van der Waals surface area (Å²) in [6, 6.07) is 10.9. The van der Waals surface area contributed by atoms with E-state index in [-0.39, 0.29) is 10.6 Å². The maximum absolute atomic E-state index is 12.1.